The van der Waals surface area contributed by atoms with Gasteiger partial charge in [0.05, 0.1) is 14.2 Å². The van der Waals surface area contributed by atoms with Gasteiger partial charge in [-0.1, -0.05) is 15.9 Å². The molecule has 0 aromatic heterocycles. The van der Waals surface area contributed by atoms with Gasteiger partial charge in [-0.15, -0.1) is 0 Å². The van der Waals surface area contributed by atoms with Crippen molar-refractivity contribution in [2.24, 2.45) is 0 Å². The first-order valence-corrected chi connectivity index (χ1v) is 7.77. The van der Waals surface area contributed by atoms with Gasteiger partial charge in [-0.2, -0.15) is 0 Å². The smallest absolute Gasteiger partial charge is 0.258 e. The van der Waals surface area contributed by atoms with Gasteiger partial charge >= 0.3 is 0 Å². The minimum atomic E-state index is -0.199. The fourth-order valence-corrected chi connectivity index (χ4v) is 2.16. The Morgan fingerprint density at radius 2 is 1.61 bits per heavy atom. The topological polar surface area (TPSA) is 56.8 Å². The molecule has 0 saturated carbocycles. The maximum absolute atomic E-state index is 11.9. The van der Waals surface area contributed by atoms with E-state index in [2.05, 4.69) is 21.2 Å². The highest BCUT2D eigenvalue weighted by atomic mass is 79.9. The van der Waals surface area contributed by atoms with Crippen LogP contribution in [0.5, 0.6) is 17.2 Å². The molecule has 0 atom stereocenters. The third-order valence-electron chi connectivity index (χ3n) is 3.08. The van der Waals surface area contributed by atoms with Crippen molar-refractivity contribution in [3.8, 4) is 17.2 Å². The lowest BCUT2D eigenvalue weighted by atomic mass is 10.2. The van der Waals surface area contributed by atoms with E-state index >= 15 is 0 Å². The largest absolute Gasteiger partial charge is 0.497 e. The van der Waals surface area contributed by atoms with Crippen molar-refractivity contribution in [2.45, 2.75) is 6.54 Å². The Morgan fingerprint density at radius 1 is 1.00 bits per heavy atom. The third kappa shape index (κ3) is 5.49. The van der Waals surface area contributed by atoms with E-state index in [1.807, 2.05) is 24.3 Å². The first-order valence-electron chi connectivity index (χ1n) is 6.97. The minimum Gasteiger partial charge on any atom is -0.497 e. The summed E-state index contributed by atoms with van der Waals surface area (Å²) in [5.74, 6) is 1.81. The van der Waals surface area contributed by atoms with E-state index in [0.717, 1.165) is 10.0 Å². The first kappa shape index (κ1) is 17.1. The molecular formula is C17H18BrNO4. The molecule has 2 aromatic carbocycles. The molecule has 23 heavy (non-hydrogen) atoms. The van der Waals surface area contributed by atoms with Crippen molar-refractivity contribution < 1.29 is 19.0 Å². The van der Waals surface area contributed by atoms with Crippen LogP contribution >= 0.6 is 15.9 Å². The zero-order valence-electron chi connectivity index (χ0n) is 13.0. The van der Waals surface area contributed by atoms with Crippen LogP contribution in [-0.2, 0) is 11.3 Å². The van der Waals surface area contributed by atoms with Crippen LogP contribution in [0, 0.1) is 0 Å². The standard InChI is InChI=1S/C17H18BrNO4/c1-21-15-7-12(8-16(9-15)22-2)10-19-17(20)11-23-14-5-3-13(18)4-6-14/h3-9H,10-11H2,1-2H3,(H,19,20). The van der Waals surface area contributed by atoms with E-state index in [1.165, 1.54) is 0 Å². The Balaban J connectivity index is 1.85. The number of carbonyl (C=O) groups excluding carboxylic acids is 1. The summed E-state index contributed by atoms with van der Waals surface area (Å²) in [7, 11) is 3.17. The van der Waals surface area contributed by atoms with E-state index < -0.39 is 0 Å². The lowest BCUT2D eigenvalue weighted by Gasteiger charge is -2.10. The zero-order chi connectivity index (χ0) is 16.7. The van der Waals surface area contributed by atoms with Gasteiger partial charge in [0.2, 0.25) is 0 Å². The van der Waals surface area contributed by atoms with E-state index in [1.54, 1.807) is 32.4 Å². The van der Waals surface area contributed by atoms with Gasteiger partial charge in [0.15, 0.2) is 6.61 Å². The summed E-state index contributed by atoms with van der Waals surface area (Å²) in [6.07, 6.45) is 0. The summed E-state index contributed by atoms with van der Waals surface area (Å²) in [4.78, 5) is 11.9. The van der Waals surface area contributed by atoms with Gasteiger partial charge in [-0.05, 0) is 42.0 Å². The van der Waals surface area contributed by atoms with E-state index in [0.29, 0.717) is 23.8 Å². The number of hydrogen-bond acceptors (Lipinski definition) is 4. The predicted octanol–water partition coefficient (Wildman–Crippen LogP) is 3.16. The van der Waals surface area contributed by atoms with Crippen LogP contribution in [0.2, 0.25) is 0 Å². The summed E-state index contributed by atoms with van der Waals surface area (Å²) in [5.41, 5.74) is 0.887. The zero-order valence-corrected chi connectivity index (χ0v) is 14.6. The number of benzene rings is 2. The molecule has 122 valence electrons. The van der Waals surface area contributed by atoms with Gasteiger partial charge in [0, 0.05) is 17.1 Å². The molecule has 5 nitrogen and oxygen atoms in total. The highest BCUT2D eigenvalue weighted by molar-refractivity contribution is 9.10. The van der Waals surface area contributed by atoms with Crippen molar-refractivity contribution in [3.63, 3.8) is 0 Å². The number of methoxy groups -OCH3 is 2. The lowest BCUT2D eigenvalue weighted by molar-refractivity contribution is -0.123. The summed E-state index contributed by atoms with van der Waals surface area (Å²) in [5, 5.41) is 2.80. The molecule has 2 aromatic rings. The molecule has 0 aliphatic rings. The Kier molecular flexibility index (Phi) is 6.29. The summed E-state index contributed by atoms with van der Waals surface area (Å²) < 4.78 is 16.8. The Labute approximate surface area is 143 Å². The van der Waals surface area contributed by atoms with Crippen LogP contribution in [0.4, 0.5) is 0 Å². The van der Waals surface area contributed by atoms with Crippen molar-refractivity contribution >= 4 is 21.8 Å². The first-order chi connectivity index (χ1) is 11.1. The normalized spacial score (nSPS) is 10.0. The average Bonchev–Trinajstić information content (AvgIpc) is 2.59. The highest BCUT2D eigenvalue weighted by Crippen LogP contribution is 2.22. The highest BCUT2D eigenvalue weighted by Gasteiger charge is 2.06. The summed E-state index contributed by atoms with van der Waals surface area (Å²) >= 11 is 3.34. The second kappa shape index (κ2) is 8.43. The third-order valence-corrected chi connectivity index (χ3v) is 3.61. The SMILES string of the molecule is COc1cc(CNC(=O)COc2ccc(Br)cc2)cc(OC)c1. The Hall–Kier alpha value is -2.21. The maximum atomic E-state index is 11.9. The minimum absolute atomic E-state index is 0.0390. The molecule has 2 rings (SSSR count). The number of ether oxygens (including phenoxy) is 3. The predicted molar refractivity (Wildman–Crippen MR) is 91.0 cm³/mol. The second-order valence-electron chi connectivity index (χ2n) is 4.74. The van der Waals surface area contributed by atoms with Gasteiger partial charge < -0.3 is 19.5 Å². The number of nitrogens with one attached hydrogen (secondary N) is 1. The van der Waals surface area contributed by atoms with Crippen LogP contribution in [0.1, 0.15) is 5.56 Å². The molecule has 0 aliphatic carbocycles. The van der Waals surface area contributed by atoms with Crippen molar-refractivity contribution in [3.05, 3.63) is 52.5 Å². The molecule has 0 radical (unpaired) electrons. The number of hydrogen-bond donors (Lipinski definition) is 1. The van der Waals surface area contributed by atoms with Crippen LogP contribution in [0.25, 0.3) is 0 Å². The van der Waals surface area contributed by atoms with Crippen LogP contribution in [-0.4, -0.2) is 26.7 Å². The molecule has 0 fully saturated rings. The molecule has 0 aliphatic heterocycles. The fraction of sp³-hybridized carbons (Fsp3) is 0.235. The molecule has 0 heterocycles. The summed E-state index contributed by atoms with van der Waals surface area (Å²) in [6, 6.07) is 12.8. The molecular weight excluding hydrogens is 362 g/mol. The van der Waals surface area contributed by atoms with Crippen LogP contribution < -0.4 is 19.5 Å². The lowest BCUT2D eigenvalue weighted by Crippen LogP contribution is -2.28. The van der Waals surface area contributed by atoms with Crippen molar-refractivity contribution in [1.82, 2.24) is 5.32 Å². The monoisotopic (exact) mass is 379 g/mol. The number of halogens is 1. The molecule has 0 spiro atoms. The van der Waals surface area contributed by atoms with Gasteiger partial charge in [-0.3, -0.25) is 4.79 Å². The second-order valence-corrected chi connectivity index (χ2v) is 5.66. The molecule has 1 N–H and O–H groups in total. The van der Waals surface area contributed by atoms with E-state index in [-0.39, 0.29) is 12.5 Å². The van der Waals surface area contributed by atoms with E-state index in [4.69, 9.17) is 14.2 Å². The Bertz CT molecular complexity index is 636. The molecule has 0 unspecified atom stereocenters. The number of amides is 1. The van der Waals surface area contributed by atoms with Gasteiger partial charge in [-0.25, -0.2) is 0 Å². The van der Waals surface area contributed by atoms with Crippen molar-refractivity contribution in [1.29, 1.82) is 0 Å². The van der Waals surface area contributed by atoms with E-state index in [9.17, 15) is 4.79 Å². The van der Waals surface area contributed by atoms with Crippen LogP contribution in [0.15, 0.2) is 46.9 Å². The van der Waals surface area contributed by atoms with Crippen molar-refractivity contribution in [2.75, 3.05) is 20.8 Å². The van der Waals surface area contributed by atoms with Gasteiger partial charge in [0.25, 0.3) is 5.91 Å². The van der Waals surface area contributed by atoms with Crippen LogP contribution in [0.3, 0.4) is 0 Å². The molecule has 0 saturated heterocycles. The molecule has 0 bridgehead atoms. The fourth-order valence-electron chi connectivity index (χ4n) is 1.90. The molecule has 6 heteroatoms. The quantitative estimate of drug-likeness (QED) is 0.802. The average molecular weight is 380 g/mol. The maximum Gasteiger partial charge on any atom is 0.258 e. The van der Waals surface area contributed by atoms with Gasteiger partial charge in [0.1, 0.15) is 17.2 Å². The number of rotatable bonds is 7. The number of carbonyl (C=O) groups is 1. The Morgan fingerprint density at radius 3 is 2.17 bits per heavy atom. The molecule has 1 amide bonds. The summed E-state index contributed by atoms with van der Waals surface area (Å²) in [6.45, 7) is 0.332.